The highest BCUT2D eigenvalue weighted by Gasteiger charge is 2.17. The molecule has 3 rings (SSSR count). The number of benzene rings is 2. The van der Waals surface area contributed by atoms with Crippen molar-refractivity contribution in [1.82, 2.24) is 10.2 Å². The Morgan fingerprint density at radius 3 is 2.32 bits per heavy atom. The van der Waals surface area contributed by atoms with E-state index >= 15 is 0 Å². The molecule has 0 bridgehead atoms. The van der Waals surface area contributed by atoms with E-state index in [0.717, 1.165) is 23.4 Å². The zero-order chi connectivity index (χ0) is 19.9. The van der Waals surface area contributed by atoms with Crippen molar-refractivity contribution in [2.75, 3.05) is 13.1 Å². The molecule has 0 spiro atoms. The lowest BCUT2D eigenvalue weighted by molar-refractivity contribution is -0.127. The van der Waals surface area contributed by atoms with E-state index in [1.807, 2.05) is 24.3 Å². The molecule has 150 valence electrons. The Kier molecular flexibility index (Phi) is 7.10. The molecular weight excluding hydrogens is 348 g/mol. The lowest BCUT2D eigenvalue weighted by Crippen LogP contribution is -2.36. The van der Waals surface area contributed by atoms with Gasteiger partial charge in [0.25, 0.3) is 5.91 Å². The standard InChI is InChI=1S/C24H32N2O2/c1-18(2)22-8-4-5-9-23(22)28-19(3)24(27)25-16-20-10-12-21(13-11-20)17-26-14-6-7-15-26/h4-5,8-13,18-19H,6-7,14-17H2,1-3H3,(H,25,27)/t19-/m1/s1. The summed E-state index contributed by atoms with van der Waals surface area (Å²) in [7, 11) is 0. The average Bonchev–Trinajstić information content (AvgIpc) is 3.20. The zero-order valence-electron chi connectivity index (χ0n) is 17.3. The van der Waals surface area contributed by atoms with E-state index in [2.05, 4.69) is 48.3 Å². The highest BCUT2D eigenvalue weighted by Crippen LogP contribution is 2.26. The third kappa shape index (κ3) is 5.59. The molecule has 0 saturated carbocycles. The smallest absolute Gasteiger partial charge is 0.261 e. The van der Waals surface area contributed by atoms with Crippen molar-refractivity contribution in [2.45, 2.75) is 58.7 Å². The minimum atomic E-state index is -0.533. The molecular formula is C24H32N2O2. The molecule has 0 aromatic heterocycles. The normalized spacial score (nSPS) is 15.6. The van der Waals surface area contributed by atoms with Crippen LogP contribution in [-0.4, -0.2) is 30.0 Å². The molecule has 4 nitrogen and oxygen atoms in total. The number of carbonyl (C=O) groups is 1. The fourth-order valence-electron chi connectivity index (χ4n) is 3.60. The number of nitrogens with zero attached hydrogens (tertiary/aromatic N) is 1. The van der Waals surface area contributed by atoms with Crippen molar-refractivity contribution in [1.29, 1.82) is 0 Å². The first-order valence-electron chi connectivity index (χ1n) is 10.4. The van der Waals surface area contributed by atoms with Gasteiger partial charge in [0.2, 0.25) is 0 Å². The van der Waals surface area contributed by atoms with E-state index in [1.54, 1.807) is 6.92 Å². The second-order valence-electron chi connectivity index (χ2n) is 7.97. The van der Waals surface area contributed by atoms with Crippen LogP contribution in [0, 0.1) is 0 Å². The van der Waals surface area contributed by atoms with Gasteiger partial charge >= 0.3 is 0 Å². The predicted octanol–water partition coefficient (Wildman–Crippen LogP) is 4.49. The third-order valence-corrected chi connectivity index (χ3v) is 5.31. The quantitative estimate of drug-likeness (QED) is 0.734. The van der Waals surface area contributed by atoms with Crippen LogP contribution in [0.5, 0.6) is 5.75 Å². The van der Waals surface area contributed by atoms with E-state index in [1.165, 1.54) is 31.5 Å². The fraction of sp³-hybridized carbons (Fsp3) is 0.458. The monoisotopic (exact) mass is 380 g/mol. The number of likely N-dealkylation sites (tertiary alicyclic amines) is 1. The van der Waals surface area contributed by atoms with Crippen molar-refractivity contribution >= 4 is 5.91 Å². The molecule has 1 fully saturated rings. The zero-order valence-corrected chi connectivity index (χ0v) is 17.3. The number of carbonyl (C=O) groups excluding carboxylic acids is 1. The summed E-state index contributed by atoms with van der Waals surface area (Å²) in [5, 5.41) is 2.99. The minimum Gasteiger partial charge on any atom is -0.481 e. The lowest BCUT2D eigenvalue weighted by atomic mass is 10.0. The summed E-state index contributed by atoms with van der Waals surface area (Å²) in [5.74, 6) is 1.04. The highest BCUT2D eigenvalue weighted by molar-refractivity contribution is 5.80. The number of nitrogens with one attached hydrogen (secondary N) is 1. The summed E-state index contributed by atoms with van der Waals surface area (Å²) in [6.45, 7) is 9.99. The number of ether oxygens (including phenoxy) is 1. The number of para-hydroxylation sites is 1. The van der Waals surface area contributed by atoms with E-state index in [4.69, 9.17) is 4.74 Å². The molecule has 1 heterocycles. The Morgan fingerprint density at radius 1 is 1.00 bits per heavy atom. The van der Waals surface area contributed by atoms with Crippen LogP contribution in [-0.2, 0) is 17.9 Å². The molecule has 0 unspecified atom stereocenters. The Hall–Kier alpha value is -2.33. The highest BCUT2D eigenvalue weighted by atomic mass is 16.5. The van der Waals surface area contributed by atoms with Gasteiger partial charge in [-0.1, -0.05) is 56.3 Å². The van der Waals surface area contributed by atoms with E-state index in [9.17, 15) is 4.79 Å². The van der Waals surface area contributed by atoms with Crippen LogP contribution >= 0.6 is 0 Å². The maximum absolute atomic E-state index is 12.5. The number of rotatable bonds is 8. The number of hydrogen-bond donors (Lipinski definition) is 1. The van der Waals surface area contributed by atoms with E-state index < -0.39 is 6.10 Å². The van der Waals surface area contributed by atoms with Gasteiger partial charge in [0.1, 0.15) is 5.75 Å². The largest absolute Gasteiger partial charge is 0.481 e. The molecule has 0 radical (unpaired) electrons. The summed E-state index contributed by atoms with van der Waals surface area (Å²) in [4.78, 5) is 14.9. The molecule has 1 saturated heterocycles. The average molecular weight is 381 g/mol. The summed E-state index contributed by atoms with van der Waals surface area (Å²) < 4.78 is 5.93. The van der Waals surface area contributed by atoms with Crippen LogP contribution in [0.2, 0.25) is 0 Å². The first-order chi connectivity index (χ1) is 13.5. The second-order valence-corrected chi connectivity index (χ2v) is 7.97. The van der Waals surface area contributed by atoms with Gasteiger partial charge in [-0.05, 0) is 61.5 Å². The Morgan fingerprint density at radius 2 is 1.64 bits per heavy atom. The summed E-state index contributed by atoms with van der Waals surface area (Å²) in [6.07, 6.45) is 2.09. The van der Waals surface area contributed by atoms with Crippen LogP contribution in [0.1, 0.15) is 56.2 Å². The van der Waals surface area contributed by atoms with Crippen LogP contribution < -0.4 is 10.1 Å². The van der Waals surface area contributed by atoms with Crippen LogP contribution in [0.3, 0.4) is 0 Å². The lowest BCUT2D eigenvalue weighted by Gasteiger charge is -2.19. The summed E-state index contributed by atoms with van der Waals surface area (Å²) in [6, 6.07) is 16.5. The van der Waals surface area contributed by atoms with Gasteiger partial charge in [-0.2, -0.15) is 0 Å². The van der Waals surface area contributed by atoms with Crippen molar-refractivity contribution < 1.29 is 9.53 Å². The molecule has 4 heteroatoms. The van der Waals surface area contributed by atoms with E-state index in [0.29, 0.717) is 12.5 Å². The van der Waals surface area contributed by atoms with Crippen LogP contribution in [0.15, 0.2) is 48.5 Å². The molecule has 1 aliphatic heterocycles. The van der Waals surface area contributed by atoms with Gasteiger partial charge in [0.15, 0.2) is 6.10 Å². The van der Waals surface area contributed by atoms with Crippen molar-refractivity contribution in [3.8, 4) is 5.75 Å². The van der Waals surface area contributed by atoms with Gasteiger partial charge in [0, 0.05) is 13.1 Å². The molecule has 2 aromatic carbocycles. The Labute approximate surface area is 168 Å². The molecule has 2 aromatic rings. The van der Waals surface area contributed by atoms with Crippen molar-refractivity contribution in [3.05, 3.63) is 65.2 Å². The van der Waals surface area contributed by atoms with Crippen LogP contribution in [0.4, 0.5) is 0 Å². The molecule has 28 heavy (non-hydrogen) atoms. The maximum atomic E-state index is 12.5. The summed E-state index contributed by atoms with van der Waals surface area (Å²) in [5.41, 5.74) is 3.56. The minimum absolute atomic E-state index is 0.0975. The predicted molar refractivity (Wildman–Crippen MR) is 113 cm³/mol. The fourth-order valence-corrected chi connectivity index (χ4v) is 3.60. The molecule has 0 aliphatic carbocycles. The third-order valence-electron chi connectivity index (χ3n) is 5.31. The van der Waals surface area contributed by atoms with Crippen molar-refractivity contribution in [3.63, 3.8) is 0 Å². The Bertz CT molecular complexity index is 764. The molecule has 1 amide bonds. The molecule has 1 aliphatic rings. The van der Waals surface area contributed by atoms with Gasteiger partial charge in [-0.15, -0.1) is 0 Å². The van der Waals surface area contributed by atoms with Gasteiger partial charge in [0.05, 0.1) is 0 Å². The van der Waals surface area contributed by atoms with Crippen molar-refractivity contribution in [2.24, 2.45) is 0 Å². The number of amides is 1. The van der Waals surface area contributed by atoms with Gasteiger partial charge < -0.3 is 10.1 Å². The van der Waals surface area contributed by atoms with Crippen LogP contribution in [0.25, 0.3) is 0 Å². The number of hydrogen-bond acceptors (Lipinski definition) is 3. The summed E-state index contributed by atoms with van der Waals surface area (Å²) >= 11 is 0. The Balaban J connectivity index is 1.49. The first-order valence-corrected chi connectivity index (χ1v) is 10.4. The molecule has 1 atom stereocenters. The maximum Gasteiger partial charge on any atom is 0.261 e. The van der Waals surface area contributed by atoms with Gasteiger partial charge in [-0.25, -0.2) is 0 Å². The SMILES string of the molecule is CC(C)c1ccccc1O[C@H](C)C(=O)NCc1ccc(CN2CCCC2)cc1. The van der Waals surface area contributed by atoms with Gasteiger partial charge in [-0.3, -0.25) is 9.69 Å². The topological polar surface area (TPSA) is 41.6 Å². The molecule has 1 N–H and O–H groups in total. The van der Waals surface area contributed by atoms with E-state index in [-0.39, 0.29) is 5.91 Å². The first kappa shape index (κ1) is 20.4. The second kappa shape index (κ2) is 9.74.